The standard InChI is InChI=1S/C27H37N3O2/c1-19(2)21-14-13-20(3)18-24(21)32-17-16-30-23-11-8-7-10-22(23)29-25(30)12-9-15-28-26(31)27(4,5)6/h7-8,10-11,13-14,18-19H,9,12,15-17H2,1-6H3,(H,28,31). The SMILES string of the molecule is Cc1ccc(C(C)C)c(OCCn2c(CCCNC(=O)C(C)(C)C)nc3ccccc32)c1. The lowest BCUT2D eigenvalue weighted by Crippen LogP contribution is -2.35. The monoisotopic (exact) mass is 435 g/mol. The van der Waals surface area contributed by atoms with Crippen LogP contribution < -0.4 is 10.1 Å². The van der Waals surface area contributed by atoms with E-state index >= 15 is 0 Å². The van der Waals surface area contributed by atoms with Crippen LogP contribution in [0.4, 0.5) is 0 Å². The van der Waals surface area contributed by atoms with Gasteiger partial charge in [0.2, 0.25) is 5.91 Å². The van der Waals surface area contributed by atoms with Gasteiger partial charge in [0.25, 0.3) is 0 Å². The van der Waals surface area contributed by atoms with Gasteiger partial charge >= 0.3 is 0 Å². The molecule has 1 aromatic heterocycles. The van der Waals surface area contributed by atoms with Gasteiger partial charge < -0.3 is 14.6 Å². The van der Waals surface area contributed by atoms with E-state index in [-0.39, 0.29) is 11.3 Å². The van der Waals surface area contributed by atoms with Crippen molar-refractivity contribution in [3.05, 3.63) is 59.4 Å². The second-order valence-electron chi connectivity index (χ2n) is 9.82. The van der Waals surface area contributed by atoms with Gasteiger partial charge in [0.05, 0.1) is 17.6 Å². The molecule has 3 aromatic rings. The lowest BCUT2D eigenvalue weighted by molar-refractivity contribution is -0.128. The van der Waals surface area contributed by atoms with Crippen LogP contribution in [0.15, 0.2) is 42.5 Å². The van der Waals surface area contributed by atoms with Crippen LogP contribution in [0.3, 0.4) is 0 Å². The number of nitrogens with zero attached hydrogens (tertiary/aromatic N) is 2. The van der Waals surface area contributed by atoms with Crippen LogP contribution in [0, 0.1) is 12.3 Å². The molecular formula is C27H37N3O2. The Balaban J connectivity index is 1.68. The maximum atomic E-state index is 12.1. The maximum Gasteiger partial charge on any atom is 0.225 e. The fourth-order valence-electron chi connectivity index (χ4n) is 3.77. The zero-order valence-corrected chi connectivity index (χ0v) is 20.4. The summed E-state index contributed by atoms with van der Waals surface area (Å²) in [7, 11) is 0. The molecule has 2 aromatic carbocycles. The van der Waals surface area contributed by atoms with E-state index in [1.165, 1.54) is 11.1 Å². The number of benzene rings is 2. The molecular weight excluding hydrogens is 398 g/mol. The van der Waals surface area contributed by atoms with E-state index < -0.39 is 0 Å². The summed E-state index contributed by atoms with van der Waals surface area (Å²) >= 11 is 0. The molecule has 0 saturated heterocycles. The summed E-state index contributed by atoms with van der Waals surface area (Å²) in [4.78, 5) is 17.0. The number of rotatable bonds is 9. The molecule has 172 valence electrons. The molecule has 32 heavy (non-hydrogen) atoms. The number of carbonyl (C=O) groups excluding carboxylic acids is 1. The van der Waals surface area contributed by atoms with Gasteiger partial charge in [0, 0.05) is 18.4 Å². The highest BCUT2D eigenvalue weighted by atomic mass is 16.5. The van der Waals surface area contributed by atoms with Gasteiger partial charge in [-0.05, 0) is 48.6 Å². The molecule has 0 unspecified atom stereocenters. The van der Waals surface area contributed by atoms with Crippen molar-refractivity contribution in [3.8, 4) is 5.75 Å². The number of amides is 1. The summed E-state index contributed by atoms with van der Waals surface area (Å²) in [5.41, 5.74) is 4.20. The minimum Gasteiger partial charge on any atom is -0.491 e. The van der Waals surface area contributed by atoms with Crippen molar-refractivity contribution in [2.75, 3.05) is 13.2 Å². The molecule has 0 radical (unpaired) electrons. The zero-order valence-electron chi connectivity index (χ0n) is 20.4. The number of para-hydroxylation sites is 2. The highest BCUT2D eigenvalue weighted by molar-refractivity contribution is 5.81. The van der Waals surface area contributed by atoms with Crippen LogP contribution in [0.25, 0.3) is 11.0 Å². The Bertz CT molecular complexity index is 1060. The van der Waals surface area contributed by atoms with Gasteiger partial charge in [-0.3, -0.25) is 4.79 Å². The van der Waals surface area contributed by atoms with Gasteiger partial charge in [-0.2, -0.15) is 0 Å². The van der Waals surface area contributed by atoms with Gasteiger partial charge in [0.15, 0.2) is 0 Å². The Morgan fingerprint density at radius 2 is 1.91 bits per heavy atom. The Morgan fingerprint density at radius 3 is 2.62 bits per heavy atom. The minimum absolute atomic E-state index is 0.0820. The Morgan fingerprint density at radius 1 is 1.16 bits per heavy atom. The maximum absolute atomic E-state index is 12.1. The largest absolute Gasteiger partial charge is 0.491 e. The van der Waals surface area contributed by atoms with Gasteiger partial charge in [-0.25, -0.2) is 4.98 Å². The second-order valence-corrected chi connectivity index (χ2v) is 9.82. The van der Waals surface area contributed by atoms with E-state index in [9.17, 15) is 4.79 Å². The Hall–Kier alpha value is -2.82. The van der Waals surface area contributed by atoms with Crippen molar-refractivity contribution >= 4 is 16.9 Å². The predicted octanol–water partition coefficient (Wildman–Crippen LogP) is 5.64. The first kappa shape index (κ1) is 23.8. The predicted molar refractivity (Wildman–Crippen MR) is 131 cm³/mol. The normalized spacial score (nSPS) is 11.8. The van der Waals surface area contributed by atoms with E-state index in [0.717, 1.165) is 42.0 Å². The van der Waals surface area contributed by atoms with Crippen molar-refractivity contribution in [2.45, 2.75) is 66.8 Å². The number of aromatic nitrogens is 2. The van der Waals surface area contributed by atoms with Gasteiger partial charge in [0.1, 0.15) is 18.2 Å². The molecule has 1 N–H and O–H groups in total. The third-order valence-electron chi connectivity index (χ3n) is 5.64. The quantitative estimate of drug-likeness (QED) is 0.442. The summed E-state index contributed by atoms with van der Waals surface area (Å²) < 4.78 is 8.50. The first-order valence-electron chi connectivity index (χ1n) is 11.6. The molecule has 0 aliphatic carbocycles. The molecule has 1 heterocycles. The Labute approximate surface area is 192 Å². The summed E-state index contributed by atoms with van der Waals surface area (Å²) in [5, 5.41) is 3.03. The lowest BCUT2D eigenvalue weighted by atomic mass is 9.96. The first-order chi connectivity index (χ1) is 15.2. The number of hydrogen-bond acceptors (Lipinski definition) is 3. The number of ether oxygens (including phenoxy) is 1. The number of nitrogens with one attached hydrogen (secondary N) is 1. The number of imidazole rings is 1. The molecule has 0 spiro atoms. The van der Waals surface area contributed by atoms with Crippen LogP contribution in [-0.4, -0.2) is 28.6 Å². The van der Waals surface area contributed by atoms with E-state index in [4.69, 9.17) is 9.72 Å². The molecule has 0 saturated carbocycles. The average molecular weight is 436 g/mol. The fourth-order valence-corrected chi connectivity index (χ4v) is 3.77. The van der Waals surface area contributed by atoms with Crippen LogP contribution in [-0.2, 0) is 17.8 Å². The van der Waals surface area contributed by atoms with Crippen molar-refractivity contribution in [1.29, 1.82) is 0 Å². The van der Waals surface area contributed by atoms with Crippen molar-refractivity contribution in [2.24, 2.45) is 5.41 Å². The highest BCUT2D eigenvalue weighted by Gasteiger charge is 2.20. The third kappa shape index (κ3) is 5.90. The Kier molecular flexibility index (Phi) is 7.60. The van der Waals surface area contributed by atoms with Crippen LogP contribution in [0.1, 0.15) is 63.9 Å². The molecule has 0 atom stereocenters. The molecule has 5 nitrogen and oxygen atoms in total. The summed E-state index contributed by atoms with van der Waals surface area (Å²) in [6, 6.07) is 14.7. The second kappa shape index (κ2) is 10.2. The third-order valence-corrected chi connectivity index (χ3v) is 5.64. The number of aryl methyl sites for hydroxylation is 2. The minimum atomic E-state index is -0.366. The smallest absolute Gasteiger partial charge is 0.225 e. The van der Waals surface area contributed by atoms with Gasteiger partial charge in [-0.15, -0.1) is 0 Å². The zero-order chi connectivity index (χ0) is 23.3. The van der Waals surface area contributed by atoms with Crippen molar-refractivity contribution in [3.63, 3.8) is 0 Å². The first-order valence-corrected chi connectivity index (χ1v) is 11.6. The molecule has 1 amide bonds. The summed E-state index contributed by atoms with van der Waals surface area (Å²) in [6.45, 7) is 14.2. The fraction of sp³-hybridized carbons (Fsp3) is 0.481. The summed E-state index contributed by atoms with van der Waals surface area (Å²) in [5.74, 6) is 2.50. The molecule has 0 fully saturated rings. The summed E-state index contributed by atoms with van der Waals surface area (Å²) in [6.07, 6.45) is 1.65. The van der Waals surface area contributed by atoms with Crippen LogP contribution in [0.5, 0.6) is 5.75 Å². The number of fused-ring (bicyclic) bond motifs is 1. The van der Waals surface area contributed by atoms with Gasteiger partial charge in [-0.1, -0.05) is 58.9 Å². The topological polar surface area (TPSA) is 56.1 Å². The van der Waals surface area contributed by atoms with Crippen LogP contribution in [0.2, 0.25) is 0 Å². The van der Waals surface area contributed by atoms with E-state index in [1.807, 2.05) is 32.9 Å². The molecule has 0 bridgehead atoms. The molecule has 5 heteroatoms. The van der Waals surface area contributed by atoms with E-state index in [0.29, 0.717) is 19.1 Å². The van der Waals surface area contributed by atoms with E-state index in [2.05, 4.69) is 61.0 Å². The van der Waals surface area contributed by atoms with E-state index in [1.54, 1.807) is 0 Å². The average Bonchev–Trinajstić information content (AvgIpc) is 3.07. The molecule has 0 aliphatic heterocycles. The van der Waals surface area contributed by atoms with Crippen molar-refractivity contribution < 1.29 is 9.53 Å². The van der Waals surface area contributed by atoms with Crippen molar-refractivity contribution in [1.82, 2.24) is 14.9 Å². The lowest BCUT2D eigenvalue weighted by Gasteiger charge is -2.18. The highest BCUT2D eigenvalue weighted by Crippen LogP contribution is 2.27. The molecule has 0 aliphatic rings. The molecule has 3 rings (SSSR count). The van der Waals surface area contributed by atoms with Crippen LogP contribution >= 0.6 is 0 Å². The number of carbonyl (C=O) groups is 1. The number of hydrogen-bond donors (Lipinski definition) is 1.